The smallest absolute Gasteiger partial charge is 0.412 e. The summed E-state index contributed by atoms with van der Waals surface area (Å²) in [5, 5.41) is 5.85. The standard InChI is InChI=1S/C12H18ClN3O2/c1-12(2,3)18-11(17)16-9-6-10(15-4)8(14)5-7(9)13/h5-6,15H,14H2,1-4H3,(H,16,17). The molecule has 0 aliphatic carbocycles. The monoisotopic (exact) mass is 271 g/mol. The third-order valence-electron chi connectivity index (χ3n) is 2.04. The Bertz CT molecular complexity index is 455. The summed E-state index contributed by atoms with van der Waals surface area (Å²) in [5.74, 6) is 0. The second kappa shape index (κ2) is 5.35. The van der Waals surface area contributed by atoms with Crippen molar-refractivity contribution in [3.8, 4) is 0 Å². The number of benzene rings is 1. The van der Waals surface area contributed by atoms with Crippen LogP contribution in [0.25, 0.3) is 0 Å². The molecule has 1 amide bonds. The summed E-state index contributed by atoms with van der Waals surface area (Å²) >= 11 is 6.00. The minimum absolute atomic E-state index is 0.359. The molecular weight excluding hydrogens is 254 g/mol. The fraction of sp³-hybridized carbons (Fsp3) is 0.417. The maximum Gasteiger partial charge on any atom is 0.412 e. The molecule has 0 saturated heterocycles. The fourth-order valence-corrected chi connectivity index (χ4v) is 1.53. The molecule has 0 aromatic heterocycles. The van der Waals surface area contributed by atoms with Crippen molar-refractivity contribution in [2.75, 3.05) is 23.4 Å². The molecule has 0 aliphatic rings. The van der Waals surface area contributed by atoms with Crippen LogP contribution in [0, 0.1) is 0 Å². The Morgan fingerprint density at radius 3 is 2.44 bits per heavy atom. The summed E-state index contributed by atoms with van der Waals surface area (Å²) in [4.78, 5) is 11.6. The Hall–Kier alpha value is -1.62. The van der Waals surface area contributed by atoms with Crippen LogP contribution >= 0.6 is 11.6 Å². The van der Waals surface area contributed by atoms with Crippen LogP contribution in [0.1, 0.15) is 20.8 Å². The highest BCUT2D eigenvalue weighted by molar-refractivity contribution is 6.34. The van der Waals surface area contributed by atoms with Gasteiger partial charge in [-0.3, -0.25) is 5.32 Å². The summed E-state index contributed by atoms with van der Waals surface area (Å²) in [7, 11) is 1.73. The number of nitrogens with one attached hydrogen (secondary N) is 2. The van der Waals surface area contributed by atoms with Gasteiger partial charge in [0.25, 0.3) is 0 Å². The lowest BCUT2D eigenvalue weighted by molar-refractivity contribution is 0.0636. The van der Waals surface area contributed by atoms with Crippen LogP contribution < -0.4 is 16.4 Å². The number of hydrogen-bond acceptors (Lipinski definition) is 4. The number of amides is 1. The van der Waals surface area contributed by atoms with E-state index in [1.165, 1.54) is 0 Å². The molecular formula is C12H18ClN3O2. The highest BCUT2D eigenvalue weighted by Crippen LogP contribution is 2.31. The number of hydrogen-bond donors (Lipinski definition) is 3. The van der Waals surface area contributed by atoms with Gasteiger partial charge in [0.1, 0.15) is 5.60 Å². The predicted octanol–water partition coefficient (Wildman–Crippen LogP) is 3.31. The Labute approximate surface area is 112 Å². The van der Waals surface area contributed by atoms with E-state index in [0.29, 0.717) is 22.1 Å². The molecule has 100 valence electrons. The number of carbonyl (C=O) groups excluding carboxylic acids is 1. The predicted molar refractivity (Wildman–Crippen MR) is 75.3 cm³/mol. The lowest BCUT2D eigenvalue weighted by Gasteiger charge is -2.20. The zero-order valence-electron chi connectivity index (χ0n) is 10.9. The molecule has 0 heterocycles. The number of halogens is 1. The van der Waals surface area contributed by atoms with Crippen molar-refractivity contribution in [1.82, 2.24) is 0 Å². The van der Waals surface area contributed by atoms with Crippen LogP contribution in [0.4, 0.5) is 21.9 Å². The van der Waals surface area contributed by atoms with E-state index in [1.807, 2.05) is 0 Å². The summed E-state index contributed by atoms with van der Waals surface area (Å²) in [6.45, 7) is 5.36. The molecule has 6 heteroatoms. The third-order valence-corrected chi connectivity index (χ3v) is 2.36. The van der Waals surface area contributed by atoms with Crippen molar-refractivity contribution in [2.45, 2.75) is 26.4 Å². The van der Waals surface area contributed by atoms with Gasteiger partial charge in [0, 0.05) is 7.05 Å². The normalized spacial score (nSPS) is 10.9. The van der Waals surface area contributed by atoms with Gasteiger partial charge in [-0.15, -0.1) is 0 Å². The molecule has 5 nitrogen and oxygen atoms in total. The minimum atomic E-state index is -0.559. The summed E-state index contributed by atoms with van der Waals surface area (Å²) < 4.78 is 5.14. The zero-order valence-corrected chi connectivity index (χ0v) is 11.7. The second-order valence-electron chi connectivity index (χ2n) is 4.80. The fourth-order valence-electron chi connectivity index (χ4n) is 1.31. The number of ether oxygens (including phenoxy) is 1. The van der Waals surface area contributed by atoms with E-state index in [9.17, 15) is 4.79 Å². The number of nitrogen functional groups attached to an aromatic ring is 1. The van der Waals surface area contributed by atoms with E-state index in [0.717, 1.165) is 0 Å². The largest absolute Gasteiger partial charge is 0.444 e. The van der Waals surface area contributed by atoms with E-state index < -0.39 is 11.7 Å². The molecule has 0 atom stereocenters. The van der Waals surface area contributed by atoms with Gasteiger partial charge in [-0.2, -0.15) is 0 Å². The van der Waals surface area contributed by atoms with Gasteiger partial charge in [-0.05, 0) is 32.9 Å². The van der Waals surface area contributed by atoms with E-state index >= 15 is 0 Å². The zero-order chi connectivity index (χ0) is 13.9. The Morgan fingerprint density at radius 2 is 1.94 bits per heavy atom. The first kappa shape index (κ1) is 14.4. The Balaban J connectivity index is 2.88. The molecule has 0 saturated carbocycles. The van der Waals surface area contributed by atoms with Crippen molar-refractivity contribution in [1.29, 1.82) is 0 Å². The maximum absolute atomic E-state index is 11.6. The average Bonchev–Trinajstić information content (AvgIpc) is 2.19. The SMILES string of the molecule is CNc1cc(NC(=O)OC(C)(C)C)c(Cl)cc1N. The van der Waals surface area contributed by atoms with Crippen LogP contribution in [0.3, 0.4) is 0 Å². The molecule has 4 N–H and O–H groups in total. The average molecular weight is 272 g/mol. The summed E-state index contributed by atoms with van der Waals surface area (Å²) in [6.07, 6.45) is -0.559. The van der Waals surface area contributed by atoms with Gasteiger partial charge in [0.05, 0.1) is 22.1 Å². The van der Waals surface area contributed by atoms with Crippen LogP contribution in [0.2, 0.25) is 5.02 Å². The van der Waals surface area contributed by atoms with E-state index in [-0.39, 0.29) is 0 Å². The molecule has 0 bridgehead atoms. The topological polar surface area (TPSA) is 76.4 Å². The summed E-state index contributed by atoms with van der Waals surface area (Å²) in [6, 6.07) is 3.22. The van der Waals surface area contributed by atoms with Gasteiger partial charge in [0.15, 0.2) is 0 Å². The number of rotatable bonds is 2. The first-order valence-corrected chi connectivity index (χ1v) is 5.87. The Kier molecular flexibility index (Phi) is 4.29. The van der Waals surface area contributed by atoms with Gasteiger partial charge in [-0.25, -0.2) is 4.79 Å². The minimum Gasteiger partial charge on any atom is -0.444 e. The van der Waals surface area contributed by atoms with Crippen LogP contribution in [0.5, 0.6) is 0 Å². The highest BCUT2D eigenvalue weighted by Gasteiger charge is 2.17. The van der Waals surface area contributed by atoms with Crippen LogP contribution in [-0.4, -0.2) is 18.7 Å². The lowest BCUT2D eigenvalue weighted by atomic mass is 10.2. The molecule has 0 fully saturated rings. The third kappa shape index (κ3) is 4.00. The van der Waals surface area contributed by atoms with Crippen molar-refractivity contribution < 1.29 is 9.53 Å². The van der Waals surface area contributed by atoms with E-state index in [2.05, 4.69) is 10.6 Å². The van der Waals surface area contributed by atoms with Crippen LogP contribution in [0.15, 0.2) is 12.1 Å². The van der Waals surface area contributed by atoms with Gasteiger partial charge in [0.2, 0.25) is 0 Å². The van der Waals surface area contributed by atoms with Gasteiger partial charge < -0.3 is 15.8 Å². The van der Waals surface area contributed by atoms with Crippen molar-refractivity contribution in [3.63, 3.8) is 0 Å². The molecule has 0 aliphatic heterocycles. The number of anilines is 3. The van der Waals surface area contributed by atoms with Gasteiger partial charge in [-0.1, -0.05) is 11.6 Å². The lowest BCUT2D eigenvalue weighted by Crippen LogP contribution is -2.27. The molecule has 1 rings (SSSR count). The first-order valence-electron chi connectivity index (χ1n) is 5.49. The second-order valence-corrected chi connectivity index (χ2v) is 5.20. The van der Waals surface area contributed by atoms with Gasteiger partial charge >= 0.3 is 6.09 Å². The van der Waals surface area contributed by atoms with E-state index in [4.69, 9.17) is 22.1 Å². The molecule has 1 aromatic rings. The van der Waals surface area contributed by atoms with Crippen molar-refractivity contribution >= 4 is 34.8 Å². The molecule has 1 aromatic carbocycles. The molecule has 0 radical (unpaired) electrons. The molecule has 18 heavy (non-hydrogen) atoms. The van der Waals surface area contributed by atoms with E-state index in [1.54, 1.807) is 40.0 Å². The van der Waals surface area contributed by atoms with Crippen LogP contribution in [-0.2, 0) is 4.74 Å². The Morgan fingerprint density at radius 1 is 1.33 bits per heavy atom. The molecule has 0 unspecified atom stereocenters. The van der Waals surface area contributed by atoms with Crippen molar-refractivity contribution in [3.05, 3.63) is 17.2 Å². The number of nitrogens with two attached hydrogens (primary N) is 1. The number of carbonyl (C=O) groups is 1. The maximum atomic E-state index is 11.6. The quantitative estimate of drug-likeness (QED) is 0.721. The highest BCUT2D eigenvalue weighted by atomic mass is 35.5. The molecule has 0 spiro atoms. The summed E-state index contributed by atoms with van der Waals surface area (Å²) in [5.41, 5.74) is 6.83. The first-order chi connectivity index (χ1) is 8.23. The van der Waals surface area contributed by atoms with Crippen molar-refractivity contribution in [2.24, 2.45) is 0 Å².